The van der Waals surface area contributed by atoms with Gasteiger partial charge >= 0.3 is 0 Å². The molecular formula is C24H24N2O3. The van der Waals surface area contributed by atoms with E-state index in [4.69, 9.17) is 9.47 Å². The first-order valence-corrected chi connectivity index (χ1v) is 9.31. The van der Waals surface area contributed by atoms with Crippen molar-refractivity contribution in [2.24, 2.45) is 0 Å². The number of ether oxygens (including phenoxy) is 2. The van der Waals surface area contributed by atoms with E-state index in [1.807, 2.05) is 62.4 Å². The topological polar surface area (TPSA) is 53.3 Å². The number of carbonyl (C=O) groups excluding carboxylic acids is 1. The minimum absolute atomic E-state index is 0.0897. The van der Waals surface area contributed by atoms with E-state index in [1.54, 1.807) is 30.0 Å². The second kappa shape index (κ2) is 9.06. The van der Waals surface area contributed by atoms with Crippen molar-refractivity contribution in [3.8, 4) is 17.2 Å². The minimum Gasteiger partial charge on any atom is -0.493 e. The van der Waals surface area contributed by atoms with Gasteiger partial charge in [-0.3, -0.25) is 4.79 Å². The van der Waals surface area contributed by atoms with Crippen LogP contribution in [-0.4, -0.2) is 29.3 Å². The zero-order valence-electron chi connectivity index (χ0n) is 16.9. The monoisotopic (exact) mass is 388 g/mol. The van der Waals surface area contributed by atoms with Crippen molar-refractivity contribution in [2.75, 3.05) is 13.7 Å². The third-order valence-corrected chi connectivity index (χ3v) is 4.51. The molecule has 0 N–H and O–H groups in total. The molecule has 0 aliphatic carbocycles. The summed E-state index contributed by atoms with van der Waals surface area (Å²) >= 11 is 0. The van der Waals surface area contributed by atoms with E-state index in [-0.39, 0.29) is 5.78 Å². The number of aromatic nitrogens is 2. The zero-order valence-corrected chi connectivity index (χ0v) is 16.9. The number of ketones is 1. The van der Waals surface area contributed by atoms with Gasteiger partial charge in [-0.25, -0.2) is 4.68 Å². The summed E-state index contributed by atoms with van der Waals surface area (Å²) < 4.78 is 12.7. The van der Waals surface area contributed by atoms with E-state index in [1.165, 1.54) is 0 Å². The lowest BCUT2D eigenvalue weighted by Crippen LogP contribution is -2.01. The first kappa shape index (κ1) is 20.1. The van der Waals surface area contributed by atoms with Crippen LogP contribution >= 0.6 is 0 Å². The maximum atomic E-state index is 12.9. The Kier molecular flexibility index (Phi) is 6.29. The number of para-hydroxylation sites is 1. The normalized spacial score (nSPS) is 10.9. The predicted octanol–water partition coefficient (Wildman–Crippen LogP) is 4.96. The maximum absolute atomic E-state index is 12.9. The SMILES string of the molecule is C=CCOc1ccc(/C=C/C(=O)c2c(C)nn(-c3ccccc3)c2C)cc1OC. The molecule has 0 unspecified atom stereocenters. The molecule has 2 aromatic carbocycles. The smallest absolute Gasteiger partial charge is 0.189 e. The molecule has 0 spiro atoms. The standard InChI is InChI=1S/C24H24N2O3/c1-5-15-29-22-14-12-19(16-23(22)28-4)11-13-21(27)24-17(2)25-26(18(24)3)20-9-7-6-8-10-20/h5-14,16H,1,15H2,2-4H3/b13-11+. The lowest BCUT2D eigenvalue weighted by atomic mass is 10.1. The van der Waals surface area contributed by atoms with E-state index < -0.39 is 0 Å². The number of hydrogen-bond acceptors (Lipinski definition) is 4. The van der Waals surface area contributed by atoms with Gasteiger partial charge in [0.15, 0.2) is 17.3 Å². The van der Waals surface area contributed by atoms with Crippen LogP contribution in [0, 0.1) is 13.8 Å². The van der Waals surface area contributed by atoms with Crippen molar-refractivity contribution in [3.63, 3.8) is 0 Å². The van der Waals surface area contributed by atoms with Gasteiger partial charge in [0.05, 0.1) is 29.7 Å². The van der Waals surface area contributed by atoms with Crippen LogP contribution in [0.15, 0.2) is 67.3 Å². The molecule has 3 rings (SSSR count). The summed E-state index contributed by atoms with van der Waals surface area (Å²) in [6.45, 7) is 7.79. The van der Waals surface area contributed by atoms with Crippen molar-refractivity contribution in [3.05, 3.63) is 89.8 Å². The number of nitrogens with zero attached hydrogens (tertiary/aromatic N) is 2. The number of allylic oxidation sites excluding steroid dienone is 1. The van der Waals surface area contributed by atoms with E-state index in [9.17, 15) is 4.79 Å². The molecule has 0 amide bonds. The van der Waals surface area contributed by atoms with Crippen molar-refractivity contribution >= 4 is 11.9 Å². The molecule has 29 heavy (non-hydrogen) atoms. The van der Waals surface area contributed by atoms with Crippen LogP contribution in [0.3, 0.4) is 0 Å². The average molecular weight is 388 g/mol. The third kappa shape index (κ3) is 4.46. The molecule has 0 radical (unpaired) electrons. The van der Waals surface area contributed by atoms with E-state index in [2.05, 4.69) is 11.7 Å². The average Bonchev–Trinajstić information content (AvgIpc) is 3.05. The summed E-state index contributed by atoms with van der Waals surface area (Å²) in [5, 5.41) is 4.54. The summed E-state index contributed by atoms with van der Waals surface area (Å²) in [6, 6.07) is 15.3. The summed E-state index contributed by atoms with van der Waals surface area (Å²) in [4.78, 5) is 12.9. The molecule has 0 aliphatic rings. The van der Waals surface area contributed by atoms with E-state index in [0.717, 1.165) is 16.9 Å². The Hall–Kier alpha value is -3.60. The molecule has 3 aromatic rings. The molecule has 1 aromatic heterocycles. The van der Waals surface area contributed by atoms with Crippen molar-refractivity contribution in [1.29, 1.82) is 0 Å². The molecule has 0 atom stereocenters. The summed E-state index contributed by atoms with van der Waals surface area (Å²) in [5.41, 5.74) is 3.90. The molecule has 148 valence electrons. The molecule has 5 heteroatoms. The second-order valence-electron chi connectivity index (χ2n) is 6.50. The summed E-state index contributed by atoms with van der Waals surface area (Å²) in [6.07, 6.45) is 5.00. The van der Waals surface area contributed by atoms with Crippen LogP contribution < -0.4 is 9.47 Å². The summed E-state index contributed by atoms with van der Waals surface area (Å²) in [7, 11) is 1.58. The fraction of sp³-hybridized carbons (Fsp3) is 0.167. The molecule has 1 heterocycles. The van der Waals surface area contributed by atoms with Gasteiger partial charge in [-0.1, -0.05) is 43.0 Å². The van der Waals surface area contributed by atoms with Gasteiger partial charge in [0, 0.05) is 0 Å². The van der Waals surface area contributed by atoms with Crippen LogP contribution in [0.2, 0.25) is 0 Å². The Bertz CT molecular complexity index is 1050. The van der Waals surface area contributed by atoms with Gasteiger partial charge in [0.2, 0.25) is 0 Å². The Morgan fingerprint density at radius 3 is 2.59 bits per heavy atom. The van der Waals surface area contributed by atoms with Gasteiger partial charge in [0.25, 0.3) is 0 Å². The third-order valence-electron chi connectivity index (χ3n) is 4.51. The molecule has 0 saturated heterocycles. The molecule has 0 saturated carbocycles. The van der Waals surface area contributed by atoms with Crippen LogP contribution in [0.1, 0.15) is 27.3 Å². The quantitative estimate of drug-likeness (QED) is 0.311. The molecule has 0 bridgehead atoms. The van der Waals surface area contributed by atoms with Crippen LogP contribution in [0.4, 0.5) is 0 Å². The van der Waals surface area contributed by atoms with Crippen molar-refractivity contribution in [1.82, 2.24) is 9.78 Å². The Morgan fingerprint density at radius 2 is 1.90 bits per heavy atom. The fourth-order valence-electron chi connectivity index (χ4n) is 3.13. The van der Waals surface area contributed by atoms with Crippen LogP contribution in [0.25, 0.3) is 11.8 Å². The van der Waals surface area contributed by atoms with Crippen LogP contribution in [-0.2, 0) is 0 Å². The Balaban J connectivity index is 1.84. The van der Waals surface area contributed by atoms with Crippen molar-refractivity contribution in [2.45, 2.75) is 13.8 Å². The predicted molar refractivity (Wildman–Crippen MR) is 115 cm³/mol. The number of carbonyl (C=O) groups is 1. The first-order valence-electron chi connectivity index (χ1n) is 9.31. The van der Waals surface area contributed by atoms with E-state index in [0.29, 0.717) is 29.4 Å². The lowest BCUT2D eigenvalue weighted by molar-refractivity contribution is 0.104. The summed E-state index contributed by atoms with van der Waals surface area (Å²) in [5.74, 6) is 1.14. The van der Waals surface area contributed by atoms with Gasteiger partial charge < -0.3 is 9.47 Å². The van der Waals surface area contributed by atoms with Crippen LogP contribution in [0.5, 0.6) is 11.5 Å². The number of aryl methyl sites for hydroxylation is 1. The van der Waals surface area contributed by atoms with Gasteiger partial charge in [-0.05, 0) is 49.8 Å². The van der Waals surface area contributed by atoms with E-state index >= 15 is 0 Å². The fourth-order valence-corrected chi connectivity index (χ4v) is 3.13. The maximum Gasteiger partial charge on any atom is 0.189 e. The highest BCUT2D eigenvalue weighted by Gasteiger charge is 2.17. The Morgan fingerprint density at radius 1 is 1.14 bits per heavy atom. The van der Waals surface area contributed by atoms with Crippen molar-refractivity contribution < 1.29 is 14.3 Å². The second-order valence-corrected chi connectivity index (χ2v) is 6.50. The minimum atomic E-state index is -0.0897. The highest BCUT2D eigenvalue weighted by atomic mass is 16.5. The van der Waals surface area contributed by atoms with Gasteiger partial charge in [-0.15, -0.1) is 0 Å². The highest BCUT2D eigenvalue weighted by Crippen LogP contribution is 2.28. The van der Waals surface area contributed by atoms with Gasteiger partial charge in [0.1, 0.15) is 6.61 Å². The van der Waals surface area contributed by atoms with Gasteiger partial charge in [-0.2, -0.15) is 5.10 Å². The highest BCUT2D eigenvalue weighted by molar-refractivity contribution is 6.08. The molecule has 5 nitrogen and oxygen atoms in total. The largest absolute Gasteiger partial charge is 0.493 e. The molecule has 0 fully saturated rings. The number of methoxy groups -OCH3 is 1. The zero-order chi connectivity index (χ0) is 20.8. The molecular weight excluding hydrogens is 364 g/mol. The first-order chi connectivity index (χ1) is 14.0. The number of hydrogen-bond donors (Lipinski definition) is 0. The lowest BCUT2D eigenvalue weighted by Gasteiger charge is -2.09. The number of rotatable bonds is 8. The number of benzene rings is 2. The molecule has 0 aliphatic heterocycles. The Labute approximate surface area is 170 Å².